The van der Waals surface area contributed by atoms with Crippen LogP contribution in [0.15, 0.2) is 34.8 Å². The van der Waals surface area contributed by atoms with Gasteiger partial charge in [-0.3, -0.25) is 0 Å². The molecule has 0 fully saturated rings. The summed E-state index contributed by atoms with van der Waals surface area (Å²) in [6, 6.07) is 9.68. The van der Waals surface area contributed by atoms with E-state index in [1.807, 2.05) is 44.2 Å². The van der Waals surface area contributed by atoms with E-state index in [0.29, 0.717) is 6.61 Å². The molecule has 2 aromatic rings. The molecule has 1 aromatic heterocycles. The van der Waals surface area contributed by atoms with Gasteiger partial charge in [0.15, 0.2) is 0 Å². The van der Waals surface area contributed by atoms with Crippen molar-refractivity contribution in [3.05, 3.63) is 50.1 Å². The van der Waals surface area contributed by atoms with Crippen molar-refractivity contribution in [1.29, 1.82) is 0 Å². The molecule has 0 amide bonds. The van der Waals surface area contributed by atoms with Gasteiger partial charge in [-0.05, 0) is 44.2 Å². The molecule has 0 aliphatic carbocycles. The minimum Gasteiger partial charge on any atom is -0.493 e. The molecule has 1 unspecified atom stereocenters. The van der Waals surface area contributed by atoms with E-state index in [0.717, 1.165) is 20.7 Å². The highest BCUT2D eigenvalue weighted by atomic mass is 79.9. The van der Waals surface area contributed by atoms with Crippen LogP contribution in [0.25, 0.3) is 0 Å². The molecule has 0 spiro atoms. The molecule has 1 aromatic carbocycles. The van der Waals surface area contributed by atoms with Crippen LogP contribution in [0.2, 0.25) is 0 Å². The van der Waals surface area contributed by atoms with Crippen molar-refractivity contribution >= 4 is 27.3 Å². The van der Waals surface area contributed by atoms with Crippen LogP contribution in [-0.4, -0.2) is 11.7 Å². The van der Waals surface area contributed by atoms with Crippen molar-refractivity contribution in [2.45, 2.75) is 20.0 Å². The second kappa shape index (κ2) is 5.87. The van der Waals surface area contributed by atoms with Crippen LogP contribution >= 0.6 is 27.3 Å². The number of aliphatic hydroxyl groups excluding tert-OH is 1. The van der Waals surface area contributed by atoms with Gasteiger partial charge in [0.05, 0.1) is 6.61 Å². The fourth-order valence-electron chi connectivity index (χ4n) is 1.77. The van der Waals surface area contributed by atoms with Crippen molar-refractivity contribution in [3.63, 3.8) is 0 Å². The van der Waals surface area contributed by atoms with Gasteiger partial charge in [0.1, 0.15) is 11.9 Å². The molecule has 4 heteroatoms. The first-order valence-electron chi connectivity index (χ1n) is 5.78. The summed E-state index contributed by atoms with van der Waals surface area (Å²) in [6.45, 7) is 4.56. The monoisotopic (exact) mass is 326 g/mol. The zero-order valence-corrected chi connectivity index (χ0v) is 12.7. The fourth-order valence-corrected chi connectivity index (χ4v) is 3.03. The highest BCUT2D eigenvalue weighted by Crippen LogP contribution is 2.35. The Morgan fingerprint density at radius 1 is 1.33 bits per heavy atom. The van der Waals surface area contributed by atoms with Gasteiger partial charge < -0.3 is 9.84 Å². The quantitative estimate of drug-likeness (QED) is 0.907. The minimum atomic E-state index is -0.636. The number of halogens is 1. The highest BCUT2D eigenvalue weighted by Gasteiger charge is 2.17. The number of aliphatic hydroxyl groups is 1. The van der Waals surface area contributed by atoms with E-state index >= 15 is 0 Å². The number of ether oxygens (including phenoxy) is 1. The predicted octanol–water partition coefficient (Wildman–Crippen LogP) is 4.30. The van der Waals surface area contributed by atoms with E-state index in [2.05, 4.69) is 15.9 Å². The van der Waals surface area contributed by atoms with Gasteiger partial charge in [-0.15, -0.1) is 11.3 Å². The smallest absolute Gasteiger partial charge is 0.125 e. The number of rotatable bonds is 4. The maximum Gasteiger partial charge on any atom is 0.125 e. The SMILES string of the molecule is CCOc1ccc(Br)cc1C(O)c1ccc(C)s1. The first kappa shape index (κ1) is 13.6. The van der Waals surface area contributed by atoms with Crippen LogP contribution in [0.4, 0.5) is 0 Å². The molecule has 1 heterocycles. The van der Waals surface area contributed by atoms with Gasteiger partial charge >= 0.3 is 0 Å². The summed E-state index contributed by atoms with van der Waals surface area (Å²) in [5.41, 5.74) is 0.799. The largest absolute Gasteiger partial charge is 0.493 e. The van der Waals surface area contributed by atoms with Gasteiger partial charge in [-0.1, -0.05) is 15.9 Å². The van der Waals surface area contributed by atoms with Crippen molar-refractivity contribution in [3.8, 4) is 5.75 Å². The molecular formula is C14H15BrO2S. The number of thiophene rings is 1. The van der Waals surface area contributed by atoms with Crippen LogP contribution in [0, 0.1) is 6.92 Å². The predicted molar refractivity (Wildman–Crippen MR) is 78.4 cm³/mol. The molecular weight excluding hydrogens is 312 g/mol. The fraction of sp³-hybridized carbons (Fsp3) is 0.286. The molecule has 2 rings (SSSR count). The molecule has 0 saturated heterocycles. The molecule has 0 aliphatic heterocycles. The van der Waals surface area contributed by atoms with Gasteiger partial charge in [-0.2, -0.15) is 0 Å². The Morgan fingerprint density at radius 3 is 2.72 bits per heavy atom. The van der Waals surface area contributed by atoms with Gasteiger partial charge in [0, 0.05) is 19.8 Å². The first-order chi connectivity index (χ1) is 8.61. The molecule has 96 valence electrons. The maximum absolute atomic E-state index is 10.4. The van der Waals surface area contributed by atoms with Gasteiger partial charge in [0.2, 0.25) is 0 Å². The van der Waals surface area contributed by atoms with Crippen LogP contribution in [0.5, 0.6) is 5.75 Å². The van der Waals surface area contributed by atoms with Crippen LogP contribution in [0.3, 0.4) is 0 Å². The first-order valence-corrected chi connectivity index (χ1v) is 7.39. The van der Waals surface area contributed by atoms with E-state index < -0.39 is 6.10 Å². The van der Waals surface area contributed by atoms with Crippen LogP contribution < -0.4 is 4.74 Å². The lowest BCUT2D eigenvalue weighted by atomic mass is 10.1. The molecule has 1 atom stereocenters. The summed E-state index contributed by atoms with van der Waals surface area (Å²) in [4.78, 5) is 2.13. The van der Waals surface area contributed by atoms with Crippen molar-refractivity contribution in [2.24, 2.45) is 0 Å². The lowest BCUT2D eigenvalue weighted by molar-refractivity contribution is 0.215. The van der Waals surface area contributed by atoms with Crippen molar-refractivity contribution < 1.29 is 9.84 Å². The zero-order chi connectivity index (χ0) is 13.1. The number of aryl methyl sites for hydroxylation is 1. The third-order valence-electron chi connectivity index (χ3n) is 2.60. The second-order valence-corrected chi connectivity index (χ2v) is 6.20. The Kier molecular flexibility index (Phi) is 4.43. The molecule has 1 N–H and O–H groups in total. The lowest BCUT2D eigenvalue weighted by Crippen LogP contribution is -2.02. The number of hydrogen-bond acceptors (Lipinski definition) is 3. The molecule has 0 aliphatic rings. The average Bonchev–Trinajstić information content (AvgIpc) is 2.77. The second-order valence-electron chi connectivity index (χ2n) is 3.97. The summed E-state index contributed by atoms with van der Waals surface area (Å²) in [5, 5.41) is 10.4. The Morgan fingerprint density at radius 2 is 2.11 bits per heavy atom. The molecule has 0 bridgehead atoms. The Bertz CT molecular complexity index is 536. The summed E-state index contributed by atoms with van der Waals surface area (Å²) < 4.78 is 6.50. The Hall–Kier alpha value is -0.840. The lowest BCUT2D eigenvalue weighted by Gasteiger charge is -2.15. The van der Waals surface area contributed by atoms with Gasteiger partial charge in [-0.25, -0.2) is 0 Å². The van der Waals surface area contributed by atoms with Crippen LogP contribution in [-0.2, 0) is 0 Å². The summed E-state index contributed by atoms with van der Waals surface area (Å²) in [7, 11) is 0. The van der Waals surface area contributed by atoms with Crippen molar-refractivity contribution in [2.75, 3.05) is 6.61 Å². The topological polar surface area (TPSA) is 29.5 Å². The molecule has 0 radical (unpaired) electrons. The third kappa shape index (κ3) is 2.94. The minimum absolute atomic E-state index is 0.588. The third-order valence-corrected chi connectivity index (χ3v) is 4.14. The highest BCUT2D eigenvalue weighted by molar-refractivity contribution is 9.10. The van der Waals surface area contributed by atoms with Crippen molar-refractivity contribution in [1.82, 2.24) is 0 Å². The normalized spacial score (nSPS) is 12.4. The van der Waals surface area contributed by atoms with E-state index in [1.54, 1.807) is 11.3 Å². The van der Waals surface area contributed by atoms with E-state index in [1.165, 1.54) is 4.88 Å². The summed E-state index contributed by atoms with van der Waals surface area (Å²) in [5.74, 6) is 0.735. The van der Waals surface area contributed by atoms with Gasteiger partial charge in [0.25, 0.3) is 0 Å². The number of benzene rings is 1. The Balaban J connectivity index is 2.39. The molecule has 2 nitrogen and oxygen atoms in total. The van der Waals surface area contributed by atoms with E-state index in [-0.39, 0.29) is 0 Å². The molecule has 0 saturated carbocycles. The van der Waals surface area contributed by atoms with E-state index in [4.69, 9.17) is 4.74 Å². The zero-order valence-electron chi connectivity index (χ0n) is 10.3. The summed E-state index contributed by atoms with van der Waals surface area (Å²) in [6.07, 6.45) is -0.636. The van der Waals surface area contributed by atoms with Crippen LogP contribution in [0.1, 0.15) is 28.3 Å². The summed E-state index contributed by atoms with van der Waals surface area (Å²) >= 11 is 5.03. The Labute approximate surface area is 119 Å². The number of hydrogen-bond donors (Lipinski definition) is 1. The average molecular weight is 327 g/mol. The standard InChI is InChI=1S/C14H15BrO2S/c1-3-17-12-6-5-10(15)8-11(12)14(16)13-7-4-9(2)18-13/h4-8,14,16H,3H2,1-2H3. The molecule has 18 heavy (non-hydrogen) atoms. The van der Waals surface area contributed by atoms with E-state index in [9.17, 15) is 5.11 Å². The maximum atomic E-state index is 10.4.